The van der Waals surface area contributed by atoms with Gasteiger partial charge in [0.1, 0.15) is 0 Å². The van der Waals surface area contributed by atoms with Crippen molar-refractivity contribution < 1.29 is 122 Å². The molecule has 0 bridgehead atoms. The van der Waals surface area contributed by atoms with Gasteiger partial charge in [0.2, 0.25) is 23.6 Å². The van der Waals surface area contributed by atoms with Crippen molar-refractivity contribution in [3.05, 3.63) is 0 Å². The third-order valence-electron chi connectivity index (χ3n) is 3.38. The fourth-order valence-corrected chi connectivity index (χ4v) is 2.66. The number of carboxylic acid groups (broad SMARTS) is 4. The van der Waals surface area contributed by atoms with Gasteiger partial charge in [-0.05, 0) is 0 Å². The fraction of sp³-hybridized carbons (Fsp3) is 0.600. The summed E-state index contributed by atoms with van der Waals surface area (Å²) < 4.78 is 0. The first-order valence-electron chi connectivity index (χ1n) is 10.7. The Bertz CT molecular complexity index is 744. The van der Waals surface area contributed by atoms with Crippen LogP contribution in [0.1, 0.15) is 27.7 Å². The molecule has 0 saturated heterocycles. The molecule has 0 radical (unpaired) electrons. The molecule has 44 heavy (non-hydrogen) atoms. The van der Waals surface area contributed by atoms with E-state index >= 15 is 0 Å². The molecule has 0 aliphatic rings. The Morgan fingerprint density at radius 1 is 0.455 bits per heavy atom. The molecule has 0 unspecified atom stereocenters. The molecule has 0 aromatic rings. The van der Waals surface area contributed by atoms with Gasteiger partial charge in [0.15, 0.2) is 0 Å². The van der Waals surface area contributed by atoms with Gasteiger partial charge in [0, 0.05) is 50.7 Å². The number of thiol groups is 4. The van der Waals surface area contributed by atoms with Crippen LogP contribution in [0.15, 0.2) is 0 Å². The van der Waals surface area contributed by atoms with Crippen LogP contribution >= 0.6 is 50.5 Å². The van der Waals surface area contributed by atoms with Gasteiger partial charge in [0.25, 0.3) is 0 Å². The van der Waals surface area contributed by atoms with Crippen LogP contribution in [0.4, 0.5) is 0 Å². The van der Waals surface area contributed by atoms with Gasteiger partial charge in [-0.25, -0.2) is 0 Å². The van der Waals surface area contributed by atoms with Crippen LogP contribution in [0.2, 0.25) is 0 Å². The zero-order chi connectivity index (χ0) is 32.6. The molecule has 0 aromatic carbocycles. The maximum Gasteiger partial charge on any atom is 3.00 e. The predicted molar refractivity (Wildman–Crippen MR) is 153 cm³/mol. The summed E-state index contributed by atoms with van der Waals surface area (Å²) in [6.45, 7) is 4.94. The average molecular weight is 905 g/mol. The van der Waals surface area contributed by atoms with Crippen molar-refractivity contribution in [1.82, 2.24) is 21.3 Å². The Balaban J connectivity index is -0.0000000635. The maximum absolute atomic E-state index is 10.3. The largest absolute Gasteiger partial charge is 3.00 e. The molecule has 0 saturated carbocycles. The summed E-state index contributed by atoms with van der Waals surface area (Å²) in [7, 11) is 0. The molecule has 0 rings (SSSR count). The van der Waals surface area contributed by atoms with E-state index in [2.05, 4.69) is 71.8 Å². The minimum Gasteiger partial charge on any atom is -0.548 e. The van der Waals surface area contributed by atoms with E-state index in [1.807, 2.05) is 0 Å². The van der Waals surface area contributed by atoms with Crippen molar-refractivity contribution in [2.75, 3.05) is 23.0 Å². The molecular weight excluding hydrogens is 868 g/mol. The van der Waals surface area contributed by atoms with Crippen molar-refractivity contribution in [3.8, 4) is 0 Å². The third-order valence-corrected chi connectivity index (χ3v) is 4.84. The molecule has 0 fully saturated rings. The number of hydrogen-bond acceptors (Lipinski definition) is 16. The quantitative estimate of drug-likeness (QED) is 0.0669. The minimum atomic E-state index is -1.31. The van der Waals surface area contributed by atoms with E-state index in [1.165, 1.54) is 27.7 Å². The summed E-state index contributed by atoms with van der Waals surface area (Å²) in [5.41, 5.74) is 0. The molecule has 4 amide bonds. The second-order valence-electron chi connectivity index (χ2n) is 7.02. The van der Waals surface area contributed by atoms with Crippen LogP contribution in [-0.4, -0.2) is 106 Å². The van der Waals surface area contributed by atoms with E-state index in [0.717, 1.165) is 0 Å². The van der Waals surface area contributed by atoms with Gasteiger partial charge in [-0.3, -0.25) is 19.2 Å². The Hall–Kier alpha value is -1.18. The second-order valence-corrected chi connectivity index (χ2v) is 8.48. The van der Waals surface area contributed by atoms with Crippen LogP contribution in [0, 0.1) is 0 Å². The van der Waals surface area contributed by atoms with Crippen LogP contribution < -0.4 is 71.3 Å². The molecule has 0 aliphatic heterocycles. The van der Waals surface area contributed by atoms with Crippen LogP contribution in [0.3, 0.4) is 0 Å². The molecule has 0 heterocycles. The van der Waals surface area contributed by atoms with Gasteiger partial charge in [0.05, 0.1) is 48.0 Å². The summed E-state index contributed by atoms with van der Waals surface area (Å²) >= 11 is 14.8. The van der Waals surface area contributed by atoms with Crippen molar-refractivity contribution in [2.24, 2.45) is 0 Å². The predicted octanol–water partition coefficient (Wildman–Crippen LogP) is -12.0. The zero-order valence-electron chi connectivity index (χ0n) is 24.1. The maximum atomic E-state index is 10.3. The zero-order valence-corrected chi connectivity index (χ0v) is 31.9. The van der Waals surface area contributed by atoms with Gasteiger partial charge in [-0.1, -0.05) is 0 Å². The molecule has 8 N–H and O–H groups in total. The number of rotatable bonds is 12. The molecule has 256 valence electrons. The van der Waals surface area contributed by atoms with Gasteiger partial charge in [-0.15, -0.1) is 0 Å². The Morgan fingerprint density at radius 2 is 0.568 bits per heavy atom. The van der Waals surface area contributed by atoms with Crippen LogP contribution in [0.5, 0.6) is 0 Å². The monoisotopic (exact) mass is 904 g/mol. The summed E-state index contributed by atoms with van der Waals surface area (Å²) in [6.07, 6.45) is 0. The van der Waals surface area contributed by atoms with Crippen molar-refractivity contribution >= 4 is 98.0 Å². The molecule has 18 nitrogen and oxygen atoms in total. The molecule has 0 spiro atoms. The summed E-state index contributed by atoms with van der Waals surface area (Å²) in [5.74, 6) is -6.68. The fourth-order valence-electron chi connectivity index (χ4n) is 1.70. The van der Waals surface area contributed by atoms with E-state index in [-0.39, 0.29) is 85.9 Å². The molecule has 0 aliphatic carbocycles. The Morgan fingerprint density at radius 3 is 0.591 bits per heavy atom. The van der Waals surface area contributed by atoms with Gasteiger partial charge >= 0.3 is 51.9 Å². The second kappa shape index (κ2) is 38.0. The topological polar surface area (TPSA) is 340 Å². The standard InChI is InChI=1S/4C5H9NO3S.Au.Na.2H2O/c4*1-3(7)6-4(2-10)5(8)9;;;;/h4*4,10H,2H2,1H3,(H,6,7)(H,8,9);;;2*1H2/q;;;;+3;+1;;/p-4/t4*4-;;;;/m0000..../s1. The van der Waals surface area contributed by atoms with Gasteiger partial charge < -0.3 is 71.8 Å². The smallest absolute Gasteiger partial charge is 0.548 e. The number of carboxylic acids is 4. The van der Waals surface area contributed by atoms with E-state index in [0.29, 0.717) is 0 Å². The molecule has 0 aromatic heterocycles. The van der Waals surface area contributed by atoms with Crippen molar-refractivity contribution in [1.29, 1.82) is 0 Å². The Labute approximate surface area is 313 Å². The number of nitrogens with one attached hydrogen (secondary N) is 4. The summed E-state index contributed by atoms with van der Waals surface area (Å²) in [6, 6.07) is -3.94. The van der Waals surface area contributed by atoms with Crippen molar-refractivity contribution in [2.45, 2.75) is 51.9 Å². The number of aliphatic carboxylic acids is 4. The normalized spacial score (nSPS) is 11.1. The first kappa shape index (κ1) is 61.8. The van der Waals surface area contributed by atoms with E-state index in [1.54, 1.807) is 0 Å². The SMILES string of the molecule is CC(=O)N[C@@H](CS)C(=O)[O-].CC(=O)N[C@@H](CS)C(=O)[O-].CC(=O)N[C@@H](CS)C(=O)[O-].CC(=O)N[C@@H](CS)C(=O)[O-].O.O.[Au+3].[Na+]. The Kier molecular flexibility index (Phi) is 53.4. The number of amides is 4. The van der Waals surface area contributed by atoms with Gasteiger partial charge in [-0.2, -0.15) is 50.5 Å². The number of hydrogen-bond donors (Lipinski definition) is 8. The van der Waals surface area contributed by atoms with E-state index in [9.17, 15) is 58.8 Å². The minimum absolute atomic E-state index is 0. The number of carbonyl (C=O) groups excluding carboxylic acids is 8. The first-order valence-corrected chi connectivity index (χ1v) is 13.2. The van der Waals surface area contributed by atoms with Crippen LogP contribution in [-0.2, 0) is 60.7 Å². The molecule has 4 atom stereocenters. The summed E-state index contributed by atoms with van der Waals surface area (Å²) in [5, 5.41) is 49.0. The average Bonchev–Trinajstić information content (AvgIpc) is 2.82. The van der Waals surface area contributed by atoms with Crippen molar-refractivity contribution in [3.63, 3.8) is 0 Å². The molecule has 24 heteroatoms. The number of carbonyl (C=O) groups is 8. The first-order chi connectivity index (χ1) is 18.3. The summed E-state index contributed by atoms with van der Waals surface area (Å²) in [4.78, 5) is 81.5. The third kappa shape index (κ3) is 43.0. The molecular formula is C20H36AuN4NaO14S4. The van der Waals surface area contributed by atoms with Crippen LogP contribution in [0.25, 0.3) is 0 Å². The van der Waals surface area contributed by atoms with E-state index < -0.39 is 71.7 Å². The van der Waals surface area contributed by atoms with E-state index in [4.69, 9.17) is 0 Å².